The maximum absolute atomic E-state index is 11.8. The van der Waals surface area contributed by atoms with Crippen LogP contribution >= 0.6 is 11.3 Å². The van der Waals surface area contributed by atoms with E-state index in [0.29, 0.717) is 25.5 Å². The van der Waals surface area contributed by atoms with E-state index in [1.165, 1.54) is 0 Å². The van der Waals surface area contributed by atoms with Crippen LogP contribution in [-0.4, -0.2) is 24.0 Å². The Morgan fingerprint density at radius 1 is 1.30 bits per heavy atom. The number of hydrogen-bond acceptors (Lipinski definition) is 4. The summed E-state index contributed by atoms with van der Waals surface area (Å²) in [6, 6.07) is 9.66. The summed E-state index contributed by atoms with van der Waals surface area (Å²) in [4.78, 5) is 16.3. The van der Waals surface area contributed by atoms with Crippen molar-refractivity contribution in [3.8, 4) is 5.75 Å². The molecule has 0 spiro atoms. The van der Waals surface area contributed by atoms with Gasteiger partial charge in [0, 0.05) is 24.8 Å². The third-order valence-electron chi connectivity index (χ3n) is 3.38. The fourth-order valence-electron chi connectivity index (χ4n) is 2.04. The van der Waals surface area contributed by atoms with E-state index in [9.17, 15) is 4.79 Å². The van der Waals surface area contributed by atoms with Gasteiger partial charge in [-0.25, -0.2) is 4.98 Å². The van der Waals surface area contributed by atoms with Crippen LogP contribution in [0, 0.1) is 0 Å². The quantitative estimate of drug-likeness (QED) is 0.711. The predicted octanol–water partition coefficient (Wildman–Crippen LogP) is 3.78. The van der Waals surface area contributed by atoms with E-state index in [0.717, 1.165) is 29.3 Å². The van der Waals surface area contributed by atoms with E-state index in [-0.39, 0.29) is 5.91 Å². The fourth-order valence-corrected chi connectivity index (χ4v) is 3.00. The van der Waals surface area contributed by atoms with Crippen molar-refractivity contribution in [1.29, 1.82) is 0 Å². The van der Waals surface area contributed by atoms with Crippen LogP contribution in [0.4, 0.5) is 0 Å². The van der Waals surface area contributed by atoms with Crippen LogP contribution in [0.15, 0.2) is 35.7 Å². The van der Waals surface area contributed by atoms with Crippen molar-refractivity contribution in [2.24, 2.45) is 0 Å². The van der Waals surface area contributed by atoms with Gasteiger partial charge in [0.05, 0.1) is 17.3 Å². The first kappa shape index (κ1) is 17.5. The predicted molar refractivity (Wildman–Crippen MR) is 94.1 cm³/mol. The summed E-state index contributed by atoms with van der Waals surface area (Å²) in [7, 11) is 0. The van der Waals surface area contributed by atoms with Crippen molar-refractivity contribution in [3.05, 3.63) is 46.4 Å². The Hall–Kier alpha value is -1.88. The summed E-state index contributed by atoms with van der Waals surface area (Å²) in [5.41, 5.74) is 1.13. The first-order chi connectivity index (χ1) is 11.1. The average molecular weight is 332 g/mol. The number of nitrogens with one attached hydrogen (secondary N) is 1. The second-order valence-corrected chi connectivity index (χ2v) is 6.63. The van der Waals surface area contributed by atoms with Crippen LogP contribution in [0.2, 0.25) is 0 Å². The number of benzene rings is 1. The van der Waals surface area contributed by atoms with Crippen molar-refractivity contribution in [2.75, 3.05) is 13.2 Å². The van der Waals surface area contributed by atoms with Crippen LogP contribution in [0.3, 0.4) is 0 Å². The average Bonchev–Trinajstić information content (AvgIpc) is 3.02. The zero-order valence-corrected chi connectivity index (χ0v) is 14.6. The third kappa shape index (κ3) is 6.40. The van der Waals surface area contributed by atoms with Gasteiger partial charge in [0.15, 0.2) is 0 Å². The summed E-state index contributed by atoms with van der Waals surface area (Å²) in [6.45, 7) is 5.47. The van der Waals surface area contributed by atoms with Gasteiger partial charge >= 0.3 is 0 Å². The largest absolute Gasteiger partial charge is 0.494 e. The number of nitrogens with zero attached hydrogens (tertiary/aromatic N) is 1. The van der Waals surface area contributed by atoms with Crippen LogP contribution in [0.25, 0.3) is 0 Å². The third-order valence-corrected chi connectivity index (χ3v) is 4.31. The molecule has 0 aliphatic rings. The van der Waals surface area contributed by atoms with Crippen LogP contribution in [0.5, 0.6) is 5.75 Å². The SMILES string of the molecule is CC(C)c1csc(CCNC(=O)CCCOc2ccccc2)n1. The Balaban J connectivity index is 1.56. The molecule has 1 aromatic carbocycles. The maximum Gasteiger partial charge on any atom is 0.220 e. The molecule has 1 heterocycles. The lowest BCUT2D eigenvalue weighted by molar-refractivity contribution is -0.121. The summed E-state index contributed by atoms with van der Waals surface area (Å²) in [5, 5.41) is 6.13. The highest BCUT2D eigenvalue weighted by molar-refractivity contribution is 7.09. The number of hydrogen-bond donors (Lipinski definition) is 1. The molecular formula is C18H24N2O2S. The van der Waals surface area contributed by atoms with Crippen molar-refractivity contribution in [1.82, 2.24) is 10.3 Å². The molecule has 1 amide bonds. The van der Waals surface area contributed by atoms with Gasteiger partial charge in [0.25, 0.3) is 0 Å². The molecule has 124 valence electrons. The molecule has 0 radical (unpaired) electrons. The first-order valence-electron chi connectivity index (χ1n) is 8.04. The number of carbonyl (C=O) groups is 1. The minimum atomic E-state index is 0.0716. The number of thiazole rings is 1. The number of amides is 1. The zero-order valence-electron chi connectivity index (χ0n) is 13.7. The minimum absolute atomic E-state index is 0.0716. The molecule has 0 fully saturated rings. The highest BCUT2D eigenvalue weighted by Crippen LogP contribution is 2.17. The smallest absolute Gasteiger partial charge is 0.220 e. The lowest BCUT2D eigenvalue weighted by Gasteiger charge is -2.06. The fraction of sp³-hybridized carbons (Fsp3) is 0.444. The van der Waals surface area contributed by atoms with Gasteiger partial charge in [-0.15, -0.1) is 11.3 Å². The normalized spacial score (nSPS) is 10.7. The Morgan fingerprint density at radius 2 is 2.09 bits per heavy atom. The van der Waals surface area contributed by atoms with Crippen molar-refractivity contribution < 1.29 is 9.53 Å². The van der Waals surface area contributed by atoms with Gasteiger partial charge in [0.2, 0.25) is 5.91 Å². The van der Waals surface area contributed by atoms with Gasteiger partial charge < -0.3 is 10.1 Å². The molecule has 0 aliphatic carbocycles. The molecule has 2 rings (SSSR count). The number of aromatic nitrogens is 1. The number of para-hydroxylation sites is 1. The molecule has 1 aromatic heterocycles. The van der Waals surface area contributed by atoms with E-state index in [2.05, 4.69) is 29.5 Å². The lowest BCUT2D eigenvalue weighted by atomic mass is 10.2. The van der Waals surface area contributed by atoms with Crippen LogP contribution < -0.4 is 10.1 Å². The standard InChI is InChI=1S/C18H24N2O2S/c1-14(2)16-13-23-18(20-16)10-11-19-17(21)9-6-12-22-15-7-4-3-5-8-15/h3-5,7-8,13-14H,6,9-12H2,1-2H3,(H,19,21). The van der Waals surface area contributed by atoms with Gasteiger partial charge in [-0.2, -0.15) is 0 Å². The van der Waals surface area contributed by atoms with Gasteiger partial charge in [-0.1, -0.05) is 32.0 Å². The van der Waals surface area contributed by atoms with Gasteiger partial charge in [0.1, 0.15) is 5.75 Å². The summed E-state index contributed by atoms with van der Waals surface area (Å²) >= 11 is 1.67. The zero-order chi connectivity index (χ0) is 16.5. The lowest BCUT2D eigenvalue weighted by Crippen LogP contribution is -2.25. The van der Waals surface area contributed by atoms with Crippen LogP contribution in [-0.2, 0) is 11.2 Å². The first-order valence-corrected chi connectivity index (χ1v) is 8.92. The Kier molecular flexibility index (Phi) is 7.07. The second-order valence-electron chi connectivity index (χ2n) is 5.69. The molecule has 0 saturated carbocycles. The monoisotopic (exact) mass is 332 g/mol. The van der Waals surface area contributed by atoms with E-state index in [1.807, 2.05) is 30.3 Å². The molecule has 2 aromatic rings. The molecule has 0 saturated heterocycles. The Morgan fingerprint density at radius 3 is 2.78 bits per heavy atom. The molecule has 0 atom stereocenters. The topological polar surface area (TPSA) is 51.2 Å². The number of ether oxygens (including phenoxy) is 1. The molecule has 5 heteroatoms. The molecule has 0 bridgehead atoms. The summed E-state index contributed by atoms with van der Waals surface area (Å²) < 4.78 is 5.57. The molecular weight excluding hydrogens is 308 g/mol. The van der Waals surface area contributed by atoms with E-state index < -0.39 is 0 Å². The Labute approximate surface area is 141 Å². The van der Waals surface area contributed by atoms with Gasteiger partial charge in [-0.05, 0) is 24.5 Å². The summed E-state index contributed by atoms with van der Waals surface area (Å²) in [5.74, 6) is 1.37. The van der Waals surface area contributed by atoms with Gasteiger partial charge in [-0.3, -0.25) is 4.79 Å². The van der Waals surface area contributed by atoms with Crippen molar-refractivity contribution in [3.63, 3.8) is 0 Å². The molecule has 1 N–H and O–H groups in total. The highest BCUT2D eigenvalue weighted by atomic mass is 32.1. The molecule has 4 nitrogen and oxygen atoms in total. The van der Waals surface area contributed by atoms with E-state index in [4.69, 9.17) is 4.74 Å². The molecule has 0 unspecified atom stereocenters. The van der Waals surface area contributed by atoms with E-state index >= 15 is 0 Å². The molecule has 0 aliphatic heterocycles. The number of rotatable bonds is 9. The Bertz CT molecular complexity index is 596. The van der Waals surface area contributed by atoms with Crippen molar-refractivity contribution in [2.45, 2.75) is 39.0 Å². The molecule has 23 heavy (non-hydrogen) atoms. The second kappa shape index (κ2) is 9.30. The number of carbonyl (C=O) groups excluding carboxylic acids is 1. The van der Waals surface area contributed by atoms with Crippen LogP contribution in [0.1, 0.15) is 43.3 Å². The minimum Gasteiger partial charge on any atom is -0.494 e. The maximum atomic E-state index is 11.8. The van der Waals surface area contributed by atoms with Crippen molar-refractivity contribution >= 4 is 17.2 Å². The summed E-state index contributed by atoms with van der Waals surface area (Å²) in [6.07, 6.45) is 2.00. The highest BCUT2D eigenvalue weighted by Gasteiger charge is 2.06. The van der Waals surface area contributed by atoms with E-state index in [1.54, 1.807) is 11.3 Å².